The molecule has 2 heteroatoms. The lowest BCUT2D eigenvalue weighted by Gasteiger charge is -2.44. The molecule has 2 nitrogen and oxygen atoms in total. The molecule has 0 fully saturated rings. The second kappa shape index (κ2) is 13.9. The SMILES string of the molecule is c1ccc(N2c3ccccc3C3(c4ccccc4)c4cc(N(c5ccc6c(c5)C5(c7ccccc7-c7ccccc75)c5ccccc5-6)c5ccc6ccccc6c5)ccc4-c4cccc2c43)cc1. The van der Waals surface area contributed by atoms with Gasteiger partial charge in [-0.05, 0) is 144 Å². The molecule has 0 bridgehead atoms. The van der Waals surface area contributed by atoms with E-state index < -0.39 is 10.8 Å². The summed E-state index contributed by atoms with van der Waals surface area (Å²) < 4.78 is 0. The van der Waals surface area contributed by atoms with Crippen LogP contribution in [0.3, 0.4) is 0 Å². The Bertz CT molecular complexity index is 3820. The van der Waals surface area contributed by atoms with E-state index in [2.05, 4.69) is 265 Å². The molecule has 1 atom stereocenters. The maximum Gasteiger partial charge on any atom is 0.0755 e. The number of nitrogens with zero attached hydrogens (tertiary/aromatic N) is 2. The minimum atomic E-state index is -0.587. The molecule has 15 rings (SSSR count). The van der Waals surface area contributed by atoms with Crippen LogP contribution in [0.2, 0.25) is 0 Å². The van der Waals surface area contributed by atoms with E-state index in [9.17, 15) is 0 Å². The van der Waals surface area contributed by atoms with E-state index in [1.165, 1.54) is 100 Å². The number of hydrogen-bond acceptors (Lipinski definition) is 2. The van der Waals surface area contributed by atoms with Crippen molar-refractivity contribution in [3.05, 3.63) is 299 Å². The summed E-state index contributed by atoms with van der Waals surface area (Å²) in [5.74, 6) is 0. The lowest BCUT2D eigenvalue weighted by molar-refractivity contribution is 0.753. The van der Waals surface area contributed by atoms with Crippen LogP contribution in [0.25, 0.3) is 44.2 Å². The number of rotatable bonds is 5. The molecule has 1 spiro atoms. The van der Waals surface area contributed by atoms with Gasteiger partial charge in [-0.2, -0.15) is 0 Å². The predicted molar refractivity (Wildman–Crippen MR) is 280 cm³/mol. The van der Waals surface area contributed by atoms with E-state index in [-0.39, 0.29) is 0 Å². The molecule has 0 radical (unpaired) electrons. The van der Waals surface area contributed by atoms with Crippen LogP contribution in [-0.4, -0.2) is 0 Å². The van der Waals surface area contributed by atoms with Gasteiger partial charge in [0, 0.05) is 28.3 Å². The van der Waals surface area contributed by atoms with Crippen LogP contribution in [0.15, 0.2) is 255 Å². The number of anilines is 6. The summed E-state index contributed by atoms with van der Waals surface area (Å²) in [6.45, 7) is 0. The predicted octanol–water partition coefficient (Wildman–Crippen LogP) is 16.8. The Morgan fingerprint density at radius 1 is 0.279 bits per heavy atom. The van der Waals surface area contributed by atoms with Crippen LogP contribution in [-0.2, 0) is 10.8 Å². The zero-order chi connectivity index (χ0) is 44.6. The highest BCUT2D eigenvalue weighted by Crippen LogP contribution is 2.66. The minimum absolute atomic E-state index is 0.464. The van der Waals surface area contributed by atoms with Crippen LogP contribution >= 0.6 is 0 Å². The Labute approximate surface area is 396 Å². The van der Waals surface area contributed by atoms with Crippen molar-refractivity contribution in [3.63, 3.8) is 0 Å². The standard InChI is InChI=1S/C66H42N2/c1-3-20-45(21-4-1)65-59-31-15-16-32-62(59)68(46-22-5-2-6-23-46)63-33-17-27-55(64(63)65)54-39-37-48(41-60(54)65)67(47-35-34-43-18-7-8-19-44(43)40-47)49-36-38-53-52-26-11-14-30-58(52)66(61(53)42-49)56-28-12-9-24-50(56)51-25-10-13-29-57(51)66/h1-42H. The van der Waals surface area contributed by atoms with Crippen molar-refractivity contribution in [3.8, 4) is 33.4 Å². The van der Waals surface area contributed by atoms with Crippen molar-refractivity contribution in [2.75, 3.05) is 9.80 Å². The number of benzene rings is 11. The zero-order valence-electron chi connectivity index (χ0n) is 37.1. The molecular formula is C66H42N2. The Kier molecular flexibility index (Phi) is 7.67. The quantitative estimate of drug-likeness (QED) is 0.170. The highest BCUT2D eigenvalue weighted by atomic mass is 15.2. The molecule has 1 aliphatic heterocycles. The van der Waals surface area contributed by atoms with E-state index in [0.717, 1.165) is 22.7 Å². The molecular weight excluding hydrogens is 821 g/mol. The smallest absolute Gasteiger partial charge is 0.0755 e. The third kappa shape index (κ3) is 4.76. The molecule has 316 valence electrons. The number of para-hydroxylation sites is 2. The van der Waals surface area contributed by atoms with Crippen LogP contribution in [0, 0.1) is 0 Å². The fraction of sp³-hybridized carbons (Fsp3) is 0.0303. The van der Waals surface area contributed by atoms with Gasteiger partial charge in [0.15, 0.2) is 0 Å². The maximum absolute atomic E-state index is 2.52. The summed E-state index contributed by atoms with van der Waals surface area (Å²) in [6.07, 6.45) is 0. The highest BCUT2D eigenvalue weighted by Gasteiger charge is 2.54. The van der Waals surface area contributed by atoms with Gasteiger partial charge in [0.2, 0.25) is 0 Å². The van der Waals surface area contributed by atoms with Gasteiger partial charge < -0.3 is 9.80 Å². The van der Waals surface area contributed by atoms with Crippen LogP contribution in [0.1, 0.15) is 44.5 Å². The van der Waals surface area contributed by atoms with E-state index >= 15 is 0 Å². The van der Waals surface area contributed by atoms with Gasteiger partial charge in [-0.15, -0.1) is 0 Å². The lowest BCUT2D eigenvalue weighted by atomic mass is 9.65. The molecule has 1 unspecified atom stereocenters. The first-order chi connectivity index (χ1) is 33.7. The van der Waals surface area contributed by atoms with Gasteiger partial charge >= 0.3 is 0 Å². The van der Waals surface area contributed by atoms with Crippen molar-refractivity contribution >= 4 is 44.9 Å². The minimum Gasteiger partial charge on any atom is -0.310 e. The summed E-state index contributed by atoms with van der Waals surface area (Å²) in [5.41, 5.74) is 24.1. The summed E-state index contributed by atoms with van der Waals surface area (Å²) >= 11 is 0. The van der Waals surface area contributed by atoms with Crippen LogP contribution in [0.5, 0.6) is 0 Å². The Balaban J connectivity index is 1.01. The second-order valence-corrected chi connectivity index (χ2v) is 18.7. The van der Waals surface area contributed by atoms with E-state index in [1.54, 1.807) is 0 Å². The van der Waals surface area contributed by atoms with Gasteiger partial charge in [-0.3, -0.25) is 0 Å². The number of hydrogen-bond donors (Lipinski definition) is 0. The van der Waals surface area contributed by atoms with Crippen LogP contribution in [0.4, 0.5) is 34.1 Å². The largest absolute Gasteiger partial charge is 0.310 e. The molecule has 11 aromatic carbocycles. The fourth-order valence-corrected chi connectivity index (χ4v) is 13.1. The van der Waals surface area contributed by atoms with Crippen molar-refractivity contribution in [1.82, 2.24) is 0 Å². The van der Waals surface area contributed by atoms with Crippen molar-refractivity contribution in [2.24, 2.45) is 0 Å². The Morgan fingerprint density at radius 2 is 0.735 bits per heavy atom. The van der Waals surface area contributed by atoms with Crippen molar-refractivity contribution in [2.45, 2.75) is 10.8 Å². The summed E-state index contributed by atoms with van der Waals surface area (Å²) in [4.78, 5) is 4.99. The van der Waals surface area contributed by atoms with Gasteiger partial charge in [-0.25, -0.2) is 0 Å². The summed E-state index contributed by atoms with van der Waals surface area (Å²) in [5, 5.41) is 2.43. The van der Waals surface area contributed by atoms with Gasteiger partial charge in [0.05, 0.1) is 22.2 Å². The van der Waals surface area contributed by atoms with Gasteiger partial charge in [0.25, 0.3) is 0 Å². The summed E-state index contributed by atoms with van der Waals surface area (Å²) in [7, 11) is 0. The molecule has 4 aliphatic rings. The number of fused-ring (bicyclic) bond motifs is 16. The molecule has 11 aromatic rings. The third-order valence-corrected chi connectivity index (χ3v) is 15.6. The molecule has 68 heavy (non-hydrogen) atoms. The van der Waals surface area contributed by atoms with Gasteiger partial charge in [0.1, 0.15) is 0 Å². The van der Waals surface area contributed by atoms with E-state index in [1.807, 2.05) is 0 Å². The van der Waals surface area contributed by atoms with E-state index in [0.29, 0.717) is 0 Å². The summed E-state index contributed by atoms with van der Waals surface area (Å²) in [6, 6.07) is 95.6. The Hall–Kier alpha value is -8.72. The third-order valence-electron chi connectivity index (χ3n) is 15.6. The van der Waals surface area contributed by atoms with Crippen LogP contribution < -0.4 is 9.80 Å². The van der Waals surface area contributed by atoms with Gasteiger partial charge in [-0.1, -0.05) is 194 Å². The normalized spacial score (nSPS) is 15.8. The van der Waals surface area contributed by atoms with Crippen molar-refractivity contribution in [1.29, 1.82) is 0 Å². The second-order valence-electron chi connectivity index (χ2n) is 18.7. The molecule has 3 aliphatic carbocycles. The Morgan fingerprint density at radius 3 is 1.40 bits per heavy atom. The molecule has 0 aromatic heterocycles. The molecule has 0 saturated carbocycles. The lowest BCUT2D eigenvalue weighted by Crippen LogP contribution is -2.36. The average molecular weight is 863 g/mol. The monoisotopic (exact) mass is 862 g/mol. The zero-order valence-corrected chi connectivity index (χ0v) is 37.1. The molecule has 0 saturated heterocycles. The highest BCUT2D eigenvalue weighted by molar-refractivity contribution is 6.01. The fourth-order valence-electron chi connectivity index (χ4n) is 13.1. The maximum atomic E-state index is 2.52. The first kappa shape index (κ1) is 37.5. The van der Waals surface area contributed by atoms with Crippen molar-refractivity contribution < 1.29 is 0 Å². The molecule has 0 amide bonds. The average Bonchev–Trinajstić information content (AvgIpc) is 4.00. The van der Waals surface area contributed by atoms with E-state index in [4.69, 9.17) is 0 Å². The molecule has 0 N–H and O–H groups in total. The first-order valence-electron chi connectivity index (χ1n) is 23.8. The topological polar surface area (TPSA) is 6.48 Å². The first-order valence-corrected chi connectivity index (χ1v) is 23.8. The molecule has 1 heterocycles.